The van der Waals surface area contributed by atoms with Crippen LogP contribution in [-0.2, 0) is 14.2 Å². The van der Waals surface area contributed by atoms with Gasteiger partial charge in [0.25, 0.3) is 0 Å². The molecule has 0 saturated heterocycles. The minimum atomic E-state index is -0.569. The first-order valence-electron chi connectivity index (χ1n) is 8.05. The number of benzene rings is 1. The summed E-state index contributed by atoms with van der Waals surface area (Å²) in [6.07, 6.45) is 2.46. The van der Waals surface area contributed by atoms with E-state index in [0.29, 0.717) is 23.9 Å². The number of rotatable bonds is 5. The van der Waals surface area contributed by atoms with Crippen molar-refractivity contribution < 1.29 is 29.2 Å². The molecule has 6 nitrogen and oxygen atoms in total. The Morgan fingerprint density at radius 2 is 2.12 bits per heavy atom. The number of ether oxygens (including phenoxy) is 4. The quantitative estimate of drug-likeness (QED) is 0.862. The van der Waals surface area contributed by atoms with Crippen molar-refractivity contribution in [2.45, 2.75) is 32.0 Å². The van der Waals surface area contributed by atoms with E-state index < -0.39 is 12.2 Å². The molecule has 2 atom stereocenters. The third-order valence-corrected chi connectivity index (χ3v) is 4.07. The largest absolute Gasteiger partial charge is 0.504 e. The predicted molar refractivity (Wildman–Crippen MR) is 86.4 cm³/mol. The molecule has 0 spiro atoms. The van der Waals surface area contributed by atoms with E-state index in [-0.39, 0.29) is 12.4 Å². The SMILES string of the molecule is CCOC1=CCCC2=C1OC(CO)C(c1ccc(O)c(OC)c1)O2. The molecule has 1 aliphatic carbocycles. The average Bonchev–Trinajstić information content (AvgIpc) is 2.61. The van der Waals surface area contributed by atoms with Crippen LogP contribution in [-0.4, -0.2) is 36.6 Å². The van der Waals surface area contributed by atoms with Crippen molar-refractivity contribution in [1.82, 2.24) is 0 Å². The van der Waals surface area contributed by atoms with Crippen LogP contribution in [0.1, 0.15) is 31.4 Å². The monoisotopic (exact) mass is 334 g/mol. The van der Waals surface area contributed by atoms with Crippen molar-refractivity contribution in [3.63, 3.8) is 0 Å². The molecule has 2 aliphatic rings. The molecule has 0 radical (unpaired) electrons. The highest BCUT2D eigenvalue weighted by atomic mass is 16.6. The highest BCUT2D eigenvalue weighted by Gasteiger charge is 2.37. The van der Waals surface area contributed by atoms with Gasteiger partial charge in [-0.05, 0) is 31.6 Å². The van der Waals surface area contributed by atoms with Crippen LogP contribution in [0.15, 0.2) is 41.6 Å². The van der Waals surface area contributed by atoms with Crippen LogP contribution in [0.5, 0.6) is 11.5 Å². The first kappa shape index (κ1) is 16.5. The second kappa shape index (κ2) is 7.05. The number of allylic oxidation sites excluding steroid dienone is 2. The van der Waals surface area contributed by atoms with Crippen molar-refractivity contribution in [3.8, 4) is 11.5 Å². The normalized spacial score (nSPS) is 22.9. The van der Waals surface area contributed by atoms with Crippen molar-refractivity contribution in [2.75, 3.05) is 20.3 Å². The summed E-state index contributed by atoms with van der Waals surface area (Å²) in [5, 5.41) is 19.5. The lowest BCUT2D eigenvalue weighted by Gasteiger charge is -2.36. The molecule has 0 fully saturated rings. The lowest BCUT2D eigenvalue weighted by atomic mass is 10.0. The Kier molecular flexibility index (Phi) is 4.85. The summed E-state index contributed by atoms with van der Waals surface area (Å²) >= 11 is 0. The number of hydrogen-bond acceptors (Lipinski definition) is 6. The molecule has 3 rings (SSSR count). The van der Waals surface area contributed by atoms with Gasteiger partial charge in [0.1, 0.15) is 5.76 Å². The Hall–Kier alpha value is -2.34. The first-order valence-corrected chi connectivity index (χ1v) is 8.05. The summed E-state index contributed by atoms with van der Waals surface area (Å²) < 4.78 is 22.9. The van der Waals surface area contributed by atoms with Crippen LogP contribution in [0, 0.1) is 0 Å². The van der Waals surface area contributed by atoms with Gasteiger partial charge in [0.15, 0.2) is 35.2 Å². The summed E-state index contributed by atoms with van der Waals surface area (Å²) in [5.41, 5.74) is 0.766. The summed E-state index contributed by atoms with van der Waals surface area (Å²) in [6.45, 7) is 2.24. The van der Waals surface area contributed by atoms with Gasteiger partial charge in [0.05, 0.1) is 20.3 Å². The van der Waals surface area contributed by atoms with Gasteiger partial charge < -0.3 is 29.2 Å². The molecular formula is C18H22O6. The van der Waals surface area contributed by atoms with E-state index in [0.717, 1.165) is 24.2 Å². The van der Waals surface area contributed by atoms with E-state index in [1.807, 2.05) is 13.0 Å². The fourth-order valence-corrected chi connectivity index (χ4v) is 2.92. The summed E-state index contributed by atoms with van der Waals surface area (Å²) in [4.78, 5) is 0. The average molecular weight is 334 g/mol. The van der Waals surface area contributed by atoms with Gasteiger partial charge in [-0.3, -0.25) is 0 Å². The van der Waals surface area contributed by atoms with E-state index >= 15 is 0 Å². The van der Waals surface area contributed by atoms with E-state index in [2.05, 4.69) is 0 Å². The second-order valence-corrected chi connectivity index (χ2v) is 5.60. The Morgan fingerprint density at radius 1 is 1.29 bits per heavy atom. The minimum absolute atomic E-state index is 0.0534. The highest BCUT2D eigenvalue weighted by Crippen LogP contribution is 2.41. The Bertz CT molecular complexity index is 663. The van der Waals surface area contributed by atoms with E-state index in [1.54, 1.807) is 18.2 Å². The fourth-order valence-electron chi connectivity index (χ4n) is 2.92. The molecule has 130 valence electrons. The summed E-state index contributed by atoms with van der Waals surface area (Å²) in [5.74, 6) is 2.37. The Balaban J connectivity index is 1.92. The zero-order valence-corrected chi connectivity index (χ0v) is 13.8. The van der Waals surface area contributed by atoms with Crippen molar-refractivity contribution in [1.29, 1.82) is 0 Å². The fraction of sp³-hybridized carbons (Fsp3) is 0.444. The molecule has 6 heteroatoms. The number of aromatic hydroxyl groups is 1. The molecule has 1 heterocycles. The minimum Gasteiger partial charge on any atom is -0.504 e. The van der Waals surface area contributed by atoms with E-state index in [4.69, 9.17) is 18.9 Å². The third kappa shape index (κ3) is 3.01. The molecule has 0 saturated carbocycles. The van der Waals surface area contributed by atoms with Crippen LogP contribution < -0.4 is 4.74 Å². The molecule has 0 aromatic heterocycles. The number of aliphatic hydroxyl groups is 1. The number of aliphatic hydroxyl groups excluding tert-OH is 1. The molecule has 0 bridgehead atoms. The number of methoxy groups -OCH3 is 1. The topological polar surface area (TPSA) is 77.4 Å². The Morgan fingerprint density at radius 3 is 2.83 bits per heavy atom. The standard InChI is InChI=1S/C18H22O6/c1-3-22-13-5-4-6-14-18(13)24-16(10-19)17(23-14)11-7-8-12(20)15(9-11)21-2/h5,7-9,16-17,19-20H,3-4,6,10H2,1-2H3. The number of phenolic OH excluding ortho intramolecular Hbond substituents is 1. The van der Waals surface area contributed by atoms with Crippen LogP contribution in [0.3, 0.4) is 0 Å². The van der Waals surface area contributed by atoms with Crippen LogP contribution >= 0.6 is 0 Å². The van der Waals surface area contributed by atoms with Crippen LogP contribution in [0.2, 0.25) is 0 Å². The van der Waals surface area contributed by atoms with Gasteiger partial charge >= 0.3 is 0 Å². The summed E-state index contributed by atoms with van der Waals surface area (Å²) in [7, 11) is 1.49. The molecule has 2 N–H and O–H groups in total. The maximum Gasteiger partial charge on any atom is 0.199 e. The second-order valence-electron chi connectivity index (χ2n) is 5.60. The highest BCUT2D eigenvalue weighted by molar-refractivity contribution is 5.43. The van der Waals surface area contributed by atoms with E-state index in [1.165, 1.54) is 7.11 Å². The smallest absolute Gasteiger partial charge is 0.199 e. The number of hydrogen-bond donors (Lipinski definition) is 2. The first-order chi connectivity index (χ1) is 11.7. The third-order valence-electron chi connectivity index (χ3n) is 4.07. The maximum absolute atomic E-state index is 9.76. The molecule has 1 aromatic rings. The van der Waals surface area contributed by atoms with Crippen molar-refractivity contribution in [3.05, 3.63) is 47.1 Å². The molecule has 0 amide bonds. The molecule has 2 unspecified atom stereocenters. The zero-order valence-electron chi connectivity index (χ0n) is 13.8. The van der Waals surface area contributed by atoms with Crippen molar-refractivity contribution in [2.24, 2.45) is 0 Å². The molecule has 1 aliphatic heterocycles. The molecule has 24 heavy (non-hydrogen) atoms. The van der Waals surface area contributed by atoms with Crippen LogP contribution in [0.4, 0.5) is 0 Å². The van der Waals surface area contributed by atoms with Gasteiger partial charge in [0, 0.05) is 12.0 Å². The molecule has 1 aromatic carbocycles. The summed E-state index contributed by atoms with van der Waals surface area (Å²) in [6, 6.07) is 4.98. The maximum atomic E-state index is 9.76. The predicted octanol–water partition coefficient (Wildman–Crippen LogP) is 2.78. The number of phenols is 1. The molecular weight excluding hydrogens is 312 g/mol. The van der Waals surface area contributed by atoms with Gasteiger partial charge in [-0.1, -0.05) is 6.07 Å². The van der Waals surface area contributed by atoms with Crippen LogP contribution in [0.25, 0.3) is 0 Å². The lowest BCUT2D eigenvalue weighted by molar-refractivity contribution is -0.0926. The van der Waals surface area contributed by atoms with Gasteiger partial charge in [-0.15, -0.1) is 0 Å². The lowest BCUT2D eigenvalue weighted by Crippen LogP contribution is -2.34. The van der Waals surface area contributed by atoms with E-state index in [9.17, 15) is 10.2 Å². The van der Waals surface area contributed by atoms with Gasteiger partial charge in [0.2, 0.25) is 0 Å². The zero-order chi connectivity index (χ0) is 17.1. The Labute approximate surface area is 140 Å². The van der Waals surface area contributed by atoms with Crippen molar-refractivity contribution >= 4 is 0 Å². The van der Waals surface area contributed by atoms with Gasteiger partial charge in [-0.25, -0.2) is 0 Å². The van der Waals surface area contributed by atoms with Gasteiger partial charge in [-0.2, -0.15) is 0 Å².